The predicted octanol–water partition coefficient (Wildman–Crippen LogP) is 4.23. The molecular formula is C23H16O5. The third kappa shape index (κ3) is 4.80. The Morgan fingerprint density at radius 3 is 1.89 bits per heavy atom. The van der Waals surface area contributed by atoms with Gasteiger partial charge >= 0.3 is 11.9 Å². The number of benzene rings is 3. The highest BCUT2D eigenvalue weighted by Gasteiger charge is 2.12. The zero-order valence-electron chi connectivity index (χ0n) is 14.7. The van der Waals surface area contributed by atoms with Gasteiger partial charge in [-0.3, -0.25) is 4.79 Å². The van der Waals surface area contributed by atoms with E-state index in [1.807, 2.05) is 6.07 Å². The fraction of sp³-hybridized carbons (Fsp3) is 0. The summed E-state index contributed by atoms with van der Waals surface area (Å²) in [4.78, 5) is 35.2. The highest BCUT2D eigenvalue weighted by atomic mass is 16.5. The van der Waals surface area contributed by atoms with Crippen LogP contribution in [-0.4, -0.2) is 22.8 Å². The van der Waals surface area contributed by atoms with Crippen molar-refractivity contribution in [1.82, 2.24) is 0 Å². The summed E-state index contributed by atoms with van der Waals surface area (Å²) >= 11 is 0. The minimum Gasteiger partial charge on any atom is -0.478 e. The lowest BCUT2D eigenvalue weighted by Crippen LogP contribution is -2.09. The van der Waals surface area contributed by atoms with Crippen LogP contribution in [0.5, 0.6) is 5.75 Å². The molecule has 5 heteroatoms. The molecule has 5 nitrogen and oxygen atoms in total. The third-order valence-electron chi connectivity index (χ3n) is 3.93. The van der Waals surface area contributed by atoms with Gasteiger partial charge in [0, 0.05) is 17.2 Å². The molecule has 138 valence electrons. The third-order valence-corrected chi connectivity index (χ3v) is 3.93. The van der Waals surface area contributed by atoms with Gasteiger partial charge in [-0.05, 0) is 35.9 Å². The number of carbonyl (C=O) groups excluding carboxylic acids is 2. The Hall–Kier alpha value is -3.99. The van der Waals surface area contributed by atoms with Crippen molar-refractivity contribution in [3.63, 3.8) is 0 Å². The maximum atomic E-state index is 12.4. The second kappa shape index (κ2) is 8.60. The van der Waals surface area contributed by atoms with Crippen molar-refractivity contribution in [3.8, 4) is 5.75 Å². The number of hydrogen-bond donors (Lipinski definition) is 1. The van der Waals surface area contributed by atoms with Gasteiger partial charge in [-0.2, -0.15) is 0 Å². The molecule has 3 aromatic carbocycles. The SMILES string of the molecule is O=C(O)C=Cc1ccc(OC(=O)c2ccc(C(=O)c3ccccc3)cc2)cc1. The van der Waals surface area contributed by atoms with Crippen molar-refractivity contribution >= 4 is 23.8 Å². The highest BCUT2D eigenvalue weighted by Crippen LogP contribution is 2.16. The maximum Gasteiger partial charge on any atom is 0.343 e. The normalized spacial score (nSPS) is 10.6. The summed E-state index contributed by atoms with van der Waals surface area (Å²) < 4.78 is 5.30. The van der Waals surface area contributed by atoms with Gasteiger partial charge in [-0.15, -0.1) is 0 Å². The molecule has 3 aromatic rings. The summed E-state index contributed by atoms with van der Waals surface area (Å²) in [6.45, 7) is 0. The Kier molecular flexibility index (Phi) is 5.77. The first kappa shape index (κ1) is 18.8. The minimum absolute atomic E-state index is 0.120. The number of carbonyl (C=O) groups is 3. The lowest BCUT2D eigenvalue weighted by Gasteiger charge is -2.06. The molecule has 0 aliphatic carbocycles. The Morgan fingerprint density at radius 2 is 1.29 bits per heavy atom. The quantitative estimate of drug-likeness (QED) is 0.303. The van der Waals surface area contributed by atoms with E-state index in [0.29, 0.717) is 28.0 Å². The van der Waals surface area contributed by atoms with Crippen LogP contribution in [0.25, 0.3) is 6.08 Å². The minimum atomic E-state index is -1.04. The molecule has 0 atom stereocenters. The molecule has 0 saturated carbocycles. The molecule has 0 aliphatic rings. The van der Waals surface area contributed by atoms with Crippen LogP contribution in [0.3, 0.4) is 0 Å². The average molecular weight is 372 g/mol. The average Bonchev–Trinajstić information content (AvgIpc) is 2.73. The zero-order valence-corrected chi connectivity index (χ0v) is 14.7. The van der Waals surface area contributed by atoms with E-state index in [2.05, 4.69) is 0 Å². The molecule has 1 N–H and O–H groups in total. The summed E-state index contributed by atoms with van der Waals surface area (Å²) in [5.41, 5.74) is 2.05. The van der Waals surface area contributed by atoms with Crippen LogP contribution >= 0.6 is 0 Å². The van der Waals surface area contributed by atoms with E-state index in [9.17, 15) is 14.4 Å². The van der Waals surface area contributed by atoms with Gasteiger partial charge in [0.15, 0.2) is 5.78 Å². The summed E-state index contributed by atoms with van der Waals surface area (Å²) in [6, 6.07) is 21.6. The summed E-state index contributed by atoms with van der Waals surface area (Å²) in [5, 5.41) is 8.62. The zero-order chi connectivity index (χ0) is 19.9. The largest absolute Gasteiger partial charge is 0.478 e. The molecule has 0 unspecified atom stereocenters. The van der Waals surface area contributed by atoms with Gasteiger partial charge < -0.3 is 9.84 Å². The molecular weight excluding hydrogens is 356 g/mol. The van der Waals surface area contributed by atoms with Crippen LogP contribution in [0.2, 0.25) is 0 Å². The molecule has 3 rings (SSSR count). The van der Waals surface area contributed by atoms with E-state index >= 15 is 0 Å². The van der Waals surface area contributed by atoms with Crippen molar-refractivity contribution in [2.75, 3.05) is 0 Å². The predicted molar refractivity (Wildman–Crippen MR) is 104 cm³/mol. The molecule has 0 radical (unpaired) electrons. The molecule has 0 amide bonds. The van der Waals surface area contributed by atoms with Crippen LogP contribution < -0.4 is 4.74 Å². The number of carboxylic acids is 1. The lowest BCUT2D eigenvalue weighted by atomic mass is 10.0. The van der Waals surface area contributed by atoms with Crippen LogP contribution in [0, 0.1) is 0 Å². The molecule has 0 saturated heterocycles. The Morgan fingerprint density at radius 1 is 0.714 bits per heavy atom. The number of ether oxygens (including phenoxy) is 1. The Labute approximate surface area is 161 Å². The molecule has 0 heterocycles. The summed E-state index contributed by atoms with van der Waals surface area (Å²) in [5.74, 6) is -1.37. The standard InChI is InChI=1S/C23H16O5/c24-21(25)15-8-16-6-13-20(14-7-16)28-23(27)19-11-9-18(10-12-19)22(26)17-4-2-1-3-5-17/h1-15H,(H,24,25). The first-order chi connectivity index (χ1) is 13.5. The number of ketones is 1. The van der Waals surface area contributed by atoms with E-state index in [1.165, 1.54) is 6.08 Å². The molecule has 0 aliphatic heterocycles. The van der Waals surface area contributed by atoms with Crippen LogP contribution in [0.4, 0.5) is 0 Å². The van der Waals surface area contributed by atoms with E-state index in [0.717, 1.165) is 6.08 Å². The van der Waals surface area contributed by atoms with Crippen molar-refractivity contribution < 1.29 is 24.2 Å². The van der Waals surface area contributed by atoms with Crippen molar-refractivity contribution in [2.45, 2.75) is 0 Å². The fourth-order valence-corrected chi connectivity index (χ4v) is 2.49. The van der Waals surface area contributed by atoms with Crippen molar-refractivity contribution in [1.29, 1.82) is 0 Å². The van der Waals surface area contributed by atoms with Crippen LogP contribution in [0.1, 0.15) is 31.8 Å². The van der Waals surface area contributed by atoms with Gasteiger partial charge in [0.2, 0.25) is 0 Å². The number of esters is 1. The van der Waals surface area contributed by atoms with E-state index in [4.69, 9.17) is 9.84 Å². The smallest absolute Gasteiger partial charge is 0.343 e. The van der Waals surface area contributed by atoms with E-state index < -0.39 is 11.9 Å². The maximum absolute atomic E-state index is 12.4. The van der Waals surface area contributed by atoms with Gasteiger partial charge in [0.1, 0.15) is 5.75 Å². The second-order valence-electron chi connectivity index (χ2n) is 5.90. The Bertz CT molecular complexity index is 1020. The first-order valence-corrected chi connectivity index (χ1v) is 8.46. The number of rotatable bonds is 6. The van der Waals surface area contributed by atoms with Crippen molar-refractivity contribution in [3.05, 3.63) is 107 Å². The second-order valence-corrected chi connectivity index (χ2v) is 5.90. The first-order valence-electron chi connectivity index (χ1n) is 8.46. The fourth-order valence-electron chi connectivity index (χ4n) is 2.49. The number of aliphatic carboxylic acids is 1. The topological polar surface area (TPSA) is 80.7 Å². The molecule has 0 aromatic heterocycles. The lowest BCUT2D eigenvalue weighted by molar-refractivity contribution is -0.131. The van der Waals surface area contributed by atoms with Gasteiger partial charge in [0.25, 0.3) is 0 Å². The molecule has 0 fully saturated rings. The molecule has 28 heavy (non-hydrogen) atoms. The van der Waals surface area contributed by atoms with Crippen LogP contribution in [-0.2, 0) is 4.79 Å². The van der Waals surface area contributed by atoms with Gasteiger partial charge in [0.05, 0.1) is 5.56 Å². The van der Waals surface area contributed by atoms with E-state index in [-0.39, 0.29) is 5.78 Å². The summed E-state index contributed by atoms with van der Waals surface area (Å²) in [7, 11) is 0. The van der Waals surface area contributed by atoms with Gasteiger partial charge in [-0.25, -0.2) is 9.59 Å². The number of carboxylic acid groups (broad SMARTS) is 1. The Balaban J connectivity index is 1.66. The monoisotopic (exact) mass is 372 g/mol. The molecule has 0 spiro atoms. The van der Waals surface area contributed by atoms with Crippen molar-refractivity contribution in [2.24, 2.45) is 0 Å². The summed E-state index contributed by atoms with van der Waals surface area (Å²) in [6.07, 6.45) is 2.47. The molecule has 0 bridgehead atoms. The number of hydrogen-bond acceptors (Lipinski definition) is 4. The van der Waals surface area contributed by atoms with Crippen LogP contribution in [0.15, 0.2) is 84.9 Å². The van der Waals surface area contributed by atoms with Gasteiger partial charge in [-0.1, -0.05) is 54.6 Å². The highest BCUT2D eigenvalue weighted by molar-refractivity contribution is 6.09. The van der Waals surface area contributed by atoms with E-state index in [1.54, 1.807) is 72.8 Å².